The highest BCUT2D eigenvalue weighted by molar-refractivity contribution is 14.1. The van der Waals surface area contributed by atoms with Gasteiger partial charge in [0.05, 0.1) is 19.0 Å². The van der Waals surface area contributed by atoms with Gasteiger partial charge in [0.15, 0.2) is 21.0 Å². The highest BCUT2D eigenvalue weighted by Gasteiger charge is 2.15. The number of nitriles is 1. The van der Waals surface area contributed by atoms with E-state index in [2.05, 4.69) is 53.4 Å². The van der Waals surface area contributed by atoms with Crippen LogP contribution in [-0.4, -0.2) is 52.6 Å². The van der Waals surface area contributed by atoms with Gasteiger partial charge in [-0.05, 0) is 22.6 Å². The highest BCUT2D eigenvalue weighted by Crippen LogP contribution is 2.22. The van der Waals surface area contributed by atoms with Crippen LogP contribution in [0.2, 0.25) is 0 Å². The van der Waals surface area contributed by atoms with E-state index in [0.29, 0.717) is 34.3 Å². The zero-order chi connectivity index (χ0) is 16.8. The molecule has 0 saturated carbocycles. The van der Waals surface area contributed by atoms with Crippen molar-refractivity contribution >= 4 is 34.2 Å². The van der Waals surface area contributed by atoms with Crippen molar-refractivity contribution in [3.05, 3.63) is 27.9 Å². The van der Waals surface area contributed by atoms with Crippen molar-refractivity contribution in [3.63, 3.8) is 0 Å². The van der Waals surface area contributed by atoms with Crippen LogP contribution in [0.25, 0.3) is 0 Å². The largest absolute Gasteiger partial charge is 0.488 e. The van der Waals surface area contributed by atoms with E-state index in [-0.39, 0.29) is 11.8 Å². The van der Waals surface area contributed by atoms with E-state index in [4.69, 9.17) is 14.7 Å². The van der Waals surface area contributed by atoms with Gasteiger partial charge in [-0.2, -0.15) is 5.26 Å². The predicted molar refractivity (Wildman–Crippen MR) is 92.9 cm³/mol. The van der Waals surface area contributed by atoms with Gasteiger partial charge in [-0.3, -0.25) is 0 Å². The summed E-state index contributed by atoms with van der Waals surface area (Å²) in [5.74, 6) is 1.56. The molecule has 124 valence electrons. The SMILES string of the molecule is N#Cc1cnc(Nc2cc(OCC3CNCCO3)c(I)nn2)cn1. The average Bonchev–Trinajstić information content (AvgIpc) is 2.63. The molecular weight excluding hydrogens is 425 g/mol. The second-order valence-electron chi connectivity index (χ2n) is 4.92. The van der Waals surface area contributed by atoms with E-state index in [1.807, 2.05) is 6.07 Å². The van der Waals surface area contributed by atoms with Gasteiger partial charge in [0.1, 0.15) is 24.6 Å². The Bertz CT molecular complexity index is 729. The van der Waals surface area contributed by atoms with E-state index < -0.39 is 0 Å². The fourth-order valence-electron chi connectivity index (χ4n) is 2.01. The Morgan fingerprint density at radius 1 is 1.38 bits per heavy atom. The van der Waals surface area contributed by atoms with Crippen LogP contribution >= 0.6 is 22.6 Å². The van der Waals surface area contributed by atoms with Crippen molar-refractivity contribution in [1.82, 2.24) is 25.5 Å². The number of morpholine rings is 1. The van der Waals surface area contributed by atoms with Crippen molar-refractivity contribution in [2.45, 2.75) is 6.10 Å². The van der Waals surface area contributed by atoms with Gasteiger partial charge in [0.2, 0.25) is 0 Å². The minimum absolute atomic E-state index is 0.0171. The van der Waals surface area contributed by atoms with Crippen molar-refractivity contribution < 1.29 is 9.47 Å². The number of rotatable bonds is 5. The molecule has 10 heteroatoms. The van der Waals surface area contributed by atoms with Crippen LogP contribution < -0.4 is 15.4 Å². The molecule has 2 aromatic rings. The Hall–Kier alpha value is -2.10. The lowest BCUT2D eigenvalue weighted by atomic mass is 10.3. The lowest BCUT2D eigenvalue weighted by molar-refractivity contribution is -0.0000871. The summed E-state index contributed by atoms with van der Waals surface area (Å²) in [5, 5.41) is 23.1. The van der Waals surface area contributed by atoms with Crippen LogP contribution in [-0.2, 0) is 4.74 Å². The number of nitrogens with zero attached hydrogens (tertiary/aromatic N) is 5. The number of hydrogen-bond acceptors (Lipinski definition) is 9. The highest BCUT2D eigenvalue weighted by atomic mass is 127. The second-order valence-corrected chi connectivity index (χ2v) is 5.94. The first-order chi connectivity index (χ1) is 11.7. The number of halogens is 1. The third-order valence-electron chi connectivity index (χ3n) is 3.17. The molecule has 0 radical (unpaired) electrons. The van der Waals surface area contributed by atoms with E-state index >= 15 is 0 Å². The summed E-state index contributed by atoms with van der Waals surface area (Å²) in [6, 6.07) is 3.66. The Morgan fingerprint density at radius 2 is 2.29 bits per heavy atom. The summed E-state index contributed by atoms with van der Waals surface area (Å²) in [5.41, 5.74) is 0.249. The summed E-state index contributed by atoms with van der Waals surface area (Å²) in [4.78, 5) is 8.02. The van der Waals surface area contributed by atoms with Crippen LogP contribution in [0.3, 0.4) is 0 Å². The average molecular weight is 439 g/mol. The predicted octanol–water partition coefficient (Wildman–Crippen LogP) is 0.854. The maximum absolute atomic E-state index is 8.72. The monoisotopic (exact) mass is 439 g/mol. The first-order valence-corrected chi connectivity index (χ1v) is 8.30. The molecule has 0 aliphatic carbocycles. The van der Waals surface area contributed by atoms with Crippen molar-refractivity contribution in [1.29, 1.82) is 5.26 Å². The maximum atomic E-state index is 8.72. The van der Waals surface area contributed by atoms with Crippen LogP contribution in [0, 0.1) is 15.0 Å². The molecule has 1 aliphatic heterocycles. The van der Waals surface area contributed by atoms with E-state index in [9.17, 15) is 0 Å². The molecule has 0 bridgehead atoms. The molecule has 0 aromatic carbocycles. The normalized spacial score (nSPS) is 17.1. The van der Waals surface area contributed by atoms with Crippen molar-refractivity contribution in [3.8, 4) is 11.8 Å². The number of aromatic nitrogens is 4. The number of nitrogens with one attached hydrogen (secondary N) is 2. The van der Waals surface area contributed by atoms with E-state index in [1.54, 1.807) is 6.07 Å². The zero-order valence-corrected chi connectivity index (χ0v) is 14.7. The molecule has 1 atom stereocenters. The zero-order valence-electron chi connectivity index (χ0n) is 12.6. The van der Waals surface area contributed by atoms with Crippen molar-refractivity contribution in [2.75, 3.05) is 31.6 Å². The molecule has 1 unspecified atom stereocenters. The lowest BCUT2D eigenvalue weighted by Crippen LogP contribution is -2.41. The molecule has 1 saturated heterocycles. The summed E-state index contributed by atoms with van der Waals surface area (Å²) in [7, 11) is 0. The summed E-state index contributed by atoms with van der Waals surface area (Å²) in [6.07, 6.45) is 2.86. The van der Waals surface area contributed by atoms with Gasteiger partial charge in [-0.25, -0.2) is 9.97 Å². The third kappa shape index (κ3) is 4.47. The van der Waals surface area contributed by atoms with E-state index in [1.165, 1.54) is 12.4 Å². The van der Waals surface area contributed by atoms with Gasteiger partial charge in [-0.15, -0.1) is 10.2 Å². The van der Waals surface area contributed by atoms with Crippen LogP contribution in [0.15, 0.2) is 18.5 Å². The minimum Gasteiger partial charge on any atom is -0.488 e. The Morgan fingerprint density at radius 3 is 3.00 bits per heavy atom. The summed E-state index contributed by atoms with van der Waals surface area (Å²) >= 11 is 2.06. The second kappa shape index (κ2) is 8.13. The molecule has 9 nitrogen and oxygen atoms in total. The first kappa shape index (κ1) is 16.7. The summed E-state index contributed by atoms with van der Waals surface area (Å²) < 4.78 is 12.1. The fraction of sp³-hybridized carbons (Fsp3) is 0.357. The minimum atomic E-state index is 0.0171. The molecular formula is C14H14IN7O2. The van der Waals surface area contributed by atoms with Crippen LogP contribution in [0.1, 0.15) is 5.69 Å². The van der Waals surface area contributed by atoms with Crippen molar-refractivity contribution in [2.24, 2.45) is 0 Å². The van der Waals surface area contributed by atoms with Gasteiger partial charge in [0, 0.05) is 19.2 Å². The smallest absolute Gasteiger partial charge is 0.165 e. The Balaban J connectivity index is 1.65. The molecule has 3 rings (SSSR count). The molecule has 2 aromatic heterocycles. The standard InChI is InChI=1S/C14H14IN7O2/c15-14-11(24-8-10-6-17-1-2-23-10)3-12(21-22-14)20-13-7-18-9(4-16)5-19-13/h3,5,7,10,17H,1-2,6,8H2,(H,19,20,21). The topological polar surface area (TPSA) is 118 Å². The molecule has 3 heterocycles. The van der Waals surface area contributed by atoms with Gasteiger partial charge in [0.25, 0.3) is 0 Å². The van der Waals surface area contributed by atoms with Gasteiger partial charge in [-0.1, -0.05) is 0 Å². The maximum Gasteiger partial charge on any atom is 0.165 e. The molecule has 0 amide bonds. The van der Waals surface area contributed by atoms with Crippen LogP contribution in [0.5, 0.6) is 5.75 Å². The van der Waals surface area contributed by atoms with E-state index in [0.717, 1.165) is 13.1 Å². The Kier molecular flexibility index (Phi) is 5.68. The number of ether oxygens (including phenoxy) is 2. The lowest BCUT2D eigenvalue weighted by Gasteiger charge is -2.23. The Labute approximate surface area is 152 Å². The van der Waals surface area contributed by atoms with Crippen LogP contribution in [0.4, 0.5) is 11.6 Å². The van der Waals surface area contributed by atoms with Gasteiger partial charge >= 0.3 is 0 Å². The number of hydrogen-bond donors (Lipinski definition) is 2. The quantitative estimate of drug-likeness (QED) is 0.654. The first-order valence-electron chi connectivity index (χ1n) is 7.22. The molecule has 1 fully saturated rings. The molecule has 2 N–H and O–H groups in total. The number of anilines is 2. The molecule has 1 aliphatic rings. The van der Waals surface area contributed by atoms with Gasteiger partial charge < -0.3 is 20.1 Å². The summed E-state index contributed by atoms with van der Waals surface area (Å²) in [6.45, 7) is 2.75. The third-order valence-corrected chi connectivity index (χ3v) is 3.92. The molecule has 0 spiro atoms. The molecule has 24 heavy (non-hydrogen) atoms. The fourth-order valence-corrected chi connectivity index (χ4v) is 2.43.